The standard InChI is InChI=1S/C14H18N2O3/c1-5-7-8-10(3)14(9-6-2)11(17)15-13(19)16(4)12(14)18/h6,10H,2,5,9H2,1,3-4H3,(H,15,17,19)/t10?,14-/m0/s1. The molecule has 2 atom stereocenters. The second-order valence-corrected chi connectivity index (χ2v) is 4.48. The van der Waals surface area contributed by atoms with Crippen molar-refractivity contribution in [1.82, 2.24) is 10.2 Å². The molecule has 1 rings (SSSR count). The first kappa shape index (κ1) is 15.0. The summed E-state index contributed by atoms with van der Waals surface area (Å²) in [6.45, 7) is 7.19. The molecule has 0 bridgehead atoms. The summed E-state index contributed by atoms with van der Waals surface area (Å²) >= 11 is 0. The van der Waals surface area contributed by atoms with Crippen molar-refractivity contribution in [3.8, 4) is 11.8 Å². The van der Waals surface area contributed by atoms with E-state index >= 15 is 0 Å². The number of hydrogen-bond donors (Lipinski definition) is 1. The first-order valence-electron chi connectivity index (χ1n) is 6.14. The van der Waals surface area contributed by atoms with Crippen LogP contribution in [0.5, 0.6) is 0 Å². The zero-order valence-electron chi connectivity index (χ0n) is 11.4. The van der Waals surface area contributed by atoms with E-state index in [1.807, 2.05) is 6.92 Å². The summed E-state index contributed by atoms with van der Waals surface area (Å²) < 4.78 is 0. The van der Waals surface area contributed by atoms with Crippen molar-refractivity contribution in [3.05, 3.63) is 12.7 Å². The minimum atomic E-state index is -1.37. The van der Waals surface area contributed by atoms with Gasteiger partial charge >= 0.3 is 6.03 Å². The van der Waals surface area contributed by atoms with E-state index in [9.17, 15) is 14.4 Å². The van der Waals surface area contributed by atoms with Gasteiger partial charge < -0.3 is 0 Å². The molecule has 1 aliphatic rings. The average molecular weight is 262 g/mol. The van der Waals surface area contributed by atoms with Gasteiger partial charge in [-0.2, -0.15) is 0 Å². The van der Waals surface area contributed by atoms with Crippen molar-refractivity contribution in [1.29, 1.82) is 0 Å². The minimum Gasteiger partial charge on any atom is -0.277 e. The molecule has 1 fully saturated rings. The van der Waals surface area contributed by atoms with Crippen LogP contribution in [0.25, 0.3) is 0 Å². The predicted molar refractivity (Wildman–Crippen MR) is 70.8 cm³/mol. The zero-order chi connectivity index (χ0) is 14.6. The van der Waals surface area contributed by atoms with Crippen molar-refractivity contribution in [3.63, 3.8) is 0 Å². The normalized spacial score (nSPS) is 24.4. The summed E-state index contributed by atoms with van der Waals surface area (Å²) in [6, 6.07) is -0.703. The minimum absolute atomic E-state index is 0.148. The van der Waals surface area contributed by atoms with Gasteiger partial charge in [-0.1, -0.05) is 18.9 Å². The van der Waals surface area contributed by atoms with Crippen LogP contribution in [-0.4, -0.2) is 29.8 Å². The average Bonchev–Trinajstić information content (AvgIpc) is 2.38. The molecule has 1 N–H and O–H groups in total. The van der Waals surface area contributed by atoms with Crippen LogP contribution in [0, 0.1) is 23.2 Å². The second kappa shape index (κ2) is 5.70. The second-order valence-electron chi connectivity index (χ2n) is 4.48. The molecule has 0 aliphatic carbocycles. The maximum Gasteiger partial charge on any atom is 0.330 e. The van der Waals surface area contributed by atoms with E-state index in [4.69, 9.17) is 0 Å². The SMILES string of the molecule is C=CC[C@]1(C(C)C#CCC)C(=O)NC(=O)N(C)C1=O. The van der Waals surface area contributed by atoms with E-state index in [0.717, 1.165) is 4.90 Å². The number of nitrogens with zero attached hydrogens (tertiary/aromatic N) is 1. The fraction of sp³-hybridized carbons (Fsp3) is 0.500. The summed E-state index contributed by atoms with van der Waals surface area (Å²) in [5.74, 6) is 4.16. The molecule has 0 aromatic rings. The quantitative estimate of drug-likeness (QED) is 0.473. The third-order valence-electron chi connectivity index (χ3n) is 3.32. The Bertz CT molecular complexity index is 487. The van der Waals surface area contributed by atoms with Gasteiger partial charge in [-0.3, -0.25) is 19.8 Å². The Balaban J connectivity index is 3.30. The number of carbonyl (C=O) groups excluding carboxylic acids is 3. The lowest BCUT2D eigenvalue weighted by Gasteiger charge is -2.39. The zero-order valence-corrected chi connectivity index (χ0v) is 11.4. The van der Waals surface area contributed by atoms with E-state index in [1.165, 1.54) is 13.1 Å². The number of nitrogens with one attached hydrogen (secondary N) is 1. The number of allylic oxidation sites excluding steroid dienone is 1. The Morgan fingerprint density at radius 2 is 2.11 bits per heavy atom. The van der Waals surface area contributed by atoms with E-state index in [1.54, 1.807) is 6.92 Å². The van der Waals surface area contributed by atoms with E-state index < -0.39 is 29.2 Å². The molecule has 0 radical (unpaired) electrons. The summed E-state index contributed by atoms with van der Waals surface area (Å²) in [5, 5.41) is 2.20. The van der Waals surface area contributed by atoms with Crippen LogP contribution < -0.4 is 5.32 Å². The molecule has 5 heteroatoms. The number of carbonyl (C=O) groups is 3. The van der Waals surface area contributed by atoms with Gasteiger partial charge in [0.2, 0.25) is 11.8 Å². The van der Waals surface area contributed by atoms with Crippen LogP contribution in [0.3, 0.4) is 0 Å². The van der Waals surface area contributed by atoms with Crippen molar-refractivity contribution in [2.24, 2.45) is 11.3 Å². The highest BCUT2D eigenvalue weighted by Crippen LogP contribution is 2.36. The Labute approximate surface area is 113 Å². The molecule has 0 aromatic heterocycles. The third-order valence-corrected chi connectivity index (χ3v) is 3.32. The highest BCUT2D eigenvalue weighted by Gasteiger charge is 2.55. The van der Waals surface area contributed by atoms with Crippen molar-refractivity contribution in [2.45, 2.75) is 26.7 Å². The van der Waals surface area contributed by atoms with Gasteiger partial charge in [0.25, 0.3) is 0 Å². The molecule has 5 nitrogen and oxygen atoms in total. The summed E-state index contributed by atoms with van der Waals surface area (Å²) in [4.78, 5) is 37.0. The molecule has 19 heavy (non-hydrogen) atoms. The summed E-state index contributed by atoms with van der Waals surface area (Å²) in [6.07, 6.45) is 2.29. The lowest BCUT2D eigenvalue weighted by Crippen LogP contribution is -2.64. The van der Waals surface area contributed by atoms with Gasteiger partial charge in [0, 0.05) is 19.4 Å². The van der Waals surface area contributed by atoms with Gasteiger partial charge in [0.05, 0.1) is 0 Å². The number of amides is 4. The maximum atomic E-state index is 12.4. The highest BCUT2D eigenvalue weighted by molar-refractivity contribution is 6.19. The first-order valence-corrected chi connectivity index (χ1v) is 6.14. The molecule has 1 heterocycles. The number of urea groups is 1. The van der Waals surface area contributed by atoms with Crippen molar-refractivity contribution in [2.75, 3.05) is 7.05 Å². The van der Waals surface area contributed by atoms with Crippen molar-refractivity contribution < 1.29 is 14.4 Å². The largest absolute Gasteiger partial charge is 0.330 e. The summed E-state index contributed by atoms with van der Waals surface area (Å²) in [7, 11) is 1.35. The Morgan fingerprint density at radius 1 is 1.47 bits per heavy atom. The van der Waals surface area contributed by atoms with Crippen molar-refractivity contribution >= 4 is 17.8 Å². The smallest absolute Gasteiger partial charge is 0.277 e. The van der Waals surface area contributed by atoms with Crippen LogP contribution in [0.4, 0.5) is 4.79 Å². The van der Waals surface area contributed by atoms with Gasteiger partial charge in [-0.15, -0.1) is 12.5 Å². The molecular weight excluding hydrogens is 244 g/mol. The number of hydrogen-bond acceptors (Lipinski definition) is 3. The van der Waals surface area contributed by atoms with E-state index in [-0.39, 0.29) is 6.42 Å². The van der Waals surface area contributed by atoms with Crippen LogP contribution >= 0.6 is 0 Å². The molecule has 1 aliphatic heterocycles. The van der Waals surface area contributed by atoms with Gasteiger partial charge in [-0.05, 0) is 13.3 Å². The van der Waals surface area contributed by atoms with Crippen LogP contribution in [0.2, 0.25) is 0 Å². The Kier molecular flexibility index (Phi) is 4.49. The van der Waals surface area contributed by atoms with Gasteiger partial charge in [0.15, 0.2) is 0 Å². The summed E-state index contributed by atoms with van der Waals surface area (Å²) in [5.41, 5.74) is -1.37. The monoisotopic (exact) mass is 262 g/mol. The number of barbiturate groups is 1. The fourth-order valence-corrected chi connectivity index (χ4v) is 2.13. The van der Waals surface area contributed by atoms with Gasteiger partial charge in [0.1, 0.15) is 5.41 Å². The molecule has 1 saturated heterocycles. The molecule has 102 valence electrons. The molecule has 4 amide bonds. The van der Waals surface area contributed by atoms with Crippen LogP contribution in [-0.2, 0) is 9.59 Å². The maximum absolute atomic E-state index is 12.4. The van der Waals surface area contributed by atoms with Gasteiger partial charge in [-0.25, -0.2) is 4.79 Å². The Morgan fingerprint density at radius 3 is 2.63 bits per heavy atom. The number of rotatable bonds is 3. The van der Waals surface area contributed by atoms with E-state index in [0.29, 0.717) is 6.42 Å². The lowest BCUT2D eigenvalue weighted by atomic mass is 9.71. The van der Waals surface area contributed by atoms with E-state index in [2.05, 4.69) is 23.7 Å². The first-order chi connectivity index (χ1) is 8.91. The molecule has 0 saturated carbocycles. The van der Waals surface area contributed by atoms with Crippen LogP contribution in [0.1, 0.15) is 26.7 Å². The third kappa shape index (κ3) is 2.39. The predicted octanol–water partition coefficient (Wildman–Crippen LogP) is 1.31. The lowest BCUT2D eigenvalue weighted by molar-refractivity contribution is -0.152. The molecule has 0 aromatic carbocycles. The highest BCUT2D eigenvalue weighted by atomic mass is 16.2. The molecular formula is C14H18N2O3. The number of imide groups is 2. The van der Waals surface area contributed by atoms with Crippen LogP contribution in [0.15, 0.2) is 12.7 Å². The molecule has 1 unspecified atom stereocenters. The Hall–Kier alpha value is -2.09. The fourth-order valence-electron chi connectivity index (χ4n) is 2.13. The molecule has 0 spiro atoms. The topological polar surface area (TPSA) is 66.5 Å².